The topological polar surface area (TPSA) is 59.2 Å². The van der Waals surface area contributed by atoms with Crippen molar-refractivity contribution < 1.29 is 0 Å². The summed E-state index contributed by atoms with van der Waals surface area (Å²) < 4.78 is 1.47. The molecular weight excluding hydrogens is 252 g/mol. The van der Waals surface area contributed by atoms with E-state index in [4.69, 9.17) is 0 Å². The summed E-state index contributed by atoms with van der Waals surface area (Å²) in [6, 6.07) is 12.8. The number of aromatic nitrogens is 5. The molecule has 1 aliphatic heterocycles. The van der Waals surface area contributed by atoms with Crippen molar-refractivity contribution in [2.75, 3.05) is 11.4 Å². The maximum atomic E-state index is 4.49. The second-order valence-corrected chi connectivity index (χ2v) is 5.04. The van der Waals surface area contributed by atoms with Gasteiger partial charge in [-0.1, -0.05) is 24.3 Å². The van der Waals surface area contributed by atoms with Crippen molar-refractivity contribution in [3.05, 3.63) is 47.5 Å². The Hall–Kier alpha value is -2.50. The minimum absolute atomic E-state index is 0.307. The highest BCUT2D eigenvalue weighted by atomic mass is 15.6. The zero-order valence-electron chi connectivity index (χ0n) is 11.1. The highest BCUT2D eigenvalue weighted by molar-refractivity contribution is 5.49. The van der Waals surface area contributed by atoms with Crippen LogP contribution in [0.2, 0.25) is 0 Å². The second kappa shape index (κ2) is 4.26. The Morgan fingerprint density at radius 3 is 3.00 bits per heavy atom. The van der Waals surface area contributed by atoms with E-state index in [0.717, 1.165) is 18.8 Å². The van der Waals surface area contributed by atoms with Gasteiger partial charge in [-0.25, -0.2) is 0 Å². The lowest BCUT2D eigenvalue weighted by molar-refractivity contribution is 0.603. The van der Waals surface area contributed by atoms with Gasteiger partial charge in [0, 0.05) is 6.54 Å². The summed E-state index contributed by atoms with van der Waals surface area (Å²) in [5.41, 5.74) is 3.47. The Morgan fingerprint density at radius 1 is 1.15 bits per heavy atom. The maximum Gasteiger partial charge on any atom is 0.200 e. The molecule has 20 heavy (non-hydrogen) atoms. The molecule has 0 fully saturated rings. The van der Waals surface area contributed by atoms with Gasteiger partial charge in [0.25, 0.3) is 0 Å². The molecule has 6 nitrogen and oxygen atoms in total. The van der Waals surface area contributed by atoms with Gasteiger partial charge in [-0.05, 0) is 47.0 Å². The summed E-state index contributed by atoms with van der Waals surface area (Å²) in [5, 5.41) is 15.9. The first-order valence-electron chi connectivity index (χ1n) is 6.73. The Labute approximate surface area is 116 Å². The van der Waals surface area contributed by atoms with Crippen molar-refractivity contribution in [1.82, 2.24) is 25.3 Å². The summed E-state index contributed by atoms with van der Waals surface area (Å²) in [4.78, 5) is 2.30. The number of rotatable bonds is 1. The second-order valence-electron chi connectivity index (χ2n) is 5.04. The van der Waals surface area contributed by atoms with Gasteiger partial charge < -0.3 is 4.90 Å². The van der Waals surface area contributed by atoms with Crippen LogP contribution in [0, 0.1) is 0 Å². The van der Waals surface area contributed by atoms with E-state index in [1.807, 2.05) is 12.1 Å². The largest absolute Gasteiger partial charge is 0.348 e. The molecule has 3 heterocycles. The van der Waals surface area contributed by atoms with Gasteiger partial charge in [0.1, 0.15) is 0 Å². The average Bonchev–Trinajstić information content (AvgIpc) is 2.95. The molecule has 2 aromatic heterocycles. The monoisotopic (exact) mass is 266 g/mol. The van der Waals surface area contributed by atoms with Crippen LogP contribution in [-0.4, -0.2) is 31.8 Å². The molecule has 0 saturated heterocycles. The molecule has 6 heteroatoms. The molecule has 0 N–H and O–H groups in total. The first kappa shape index (κ1) is 11.3. The van der Waals surface area contributed by atoms with Crippen LogP contribution in [0.4, 0.5) is 5.82 Å². The Morgan fingerprint density at radius 2 is 2.05 bits per heavy atom. The van der Waals surface area contributed by atoms with Gasteiger partial charge in [-0.15, -0.1) is 14.8 Å². The zero-order chi connectivity index (χ0) is 13.5. The zero-order valence-corrected chi connectivity index (χ0v) is 11.1. The normalized spacial score (nSPS) is 18.2. The van der Waals surface area contributed by atoms with Crippen LogP contribution in [0.25, 0.3) is 5.65 Å². The van der Waals surface area contributed by atoms with E-state index in [0.29, 0.717) is 11.7 Å². The smallest absolute Gasteiger partial charge is 0.200 e. The van der Waals surface area contributed by atoms with Crippen LogP contribution >= 0.6 is 0 Å². The van der Waals surface area contributed by atoms with E-state index in [9.17, 15) is 0 Å². The van der Waals surface area contributed by atoms with Gasteiger partial charge in [-0.2, -0.15) is 0 Å². The Balaban J connectivity index is 1.76. The SMILES string of the molecule is CC1c2ccccc2CCN1c1ccc2nnnn2n1. The molecule has 0 spiro atoms. The average molecular weight is 266 g/mol. The quantitative estimate of drug-likeness (QED) is 0.670. The molecule has 100 valence electrons. The highest BCUT2D eigenvalue weighted by Crippen LogP contribution is 2.32. The van der Waals surface area contributed by atoms with Crippen molar-refractivity contribution in [3.8, 4) is 0 Å². The van der Waals surface area contributed by atoms with E-state index in [1.165, 1.54) is 15.8 Å². The Kier molecular flexibility index (Phi) is 2.42. The van der Waals surface area contributed by atoms with E-state index in [2.05, 4.69) is 56.7 Å². The van der Waals surface area contributed by atoms with Crippen molar-refractivity contribution in [2.45, 2.75) is 19.4 Å². The minimum Gasteiger partial charge on any atom is -0.348 e. The van der Waals surface area contributed by atoms with Crippen LogP contribution in [0.5, 0.6) is 0 Å². The molecular formula is C14H14N6. The first-order chi connectivity index (χ1) is 9.83. The lowest BCUT2D eigenvalue weighted by Crippen LogP contribution is -2.34. The van der Waals surface area contributed by atoms with Crippen molar-refractivity contribution >= 4 is 11.5 Å². The summed E-state index contributed by atoms with van der Waals surface area (Å²) in [6.07, 6.45) is 1.04. The molecule has 1 unspecified atom stereocenters. The minimum atomic E-state index is 0.307. The molecule has 4 rings (SSSR count). The third-order valence-corrected chi connectivity index (χ3v) is 3.94. The van der Waals surface area contributed by atoms with Gasteiger partial charge in [-0.3, -0.25) is 0 Å². The number of hydrogen-bond donors (Lipinski definition) is 0. The molecule has 0 aliphatic carbocycles. The highest BCUT2D eigenvalue weighted by Gasteiger charge is 2.24. The van der Waals surface area contributed by atoms with E-state index in [-0.39, 0.29) is 0 Å². The molecule has 1 atom stereocenters. The van der Waals surface area contributed by atoms with Crippen LogP contribution in [0.1, 0.15) is 24.1 Å². The maximum absolute atomic E-state index is 4.49. The van der Waals surface area contributed by atoms with Crippen LogP contribution in [0.3, 0.4) is 0 Å². The predicted octanol–water partition coefficient (Wildman–Crippen LogP) is 1.64. The summed E-state index contributed by atoms with van der Waals surface area (Å²) in [7, 11) is 0. The standard InChI is InChI=1S/C14H14N6/c1-10-12-5-3-2-4-11(12)8-9-19(10)14-7-6-13-15-17-18-20(13)16-14/h2-7,10H,8-9H2,1H3. The van der Waals surface area contributed by atoms with E-state index >= 15 is 0 Å². The van der Waals surface area contributed by atoms with Crippen LogP contribution in [-0.2, 0) is 6.42 Å². The van der Waals surface area contributed by atoms with E-state index < -0.39 is 0 Å². The lowest BCUT2D eigenvalue weighted by atomic mass is 9.94. The van der Waals surface area contributed by atoms with Crippen molar-refractivity contribution in [1.29, 1.82) is 0 Å². The van der Waals surface area contributed by atoms with E-state index in [1.54, 1.807) is 0 Å². The van der Waals surface area contributed by atoms with Gasteiger partial charge in [0.2, 0.25) is 0 Å². The molecule has 1 aliphatic rings. The summed E-state index contributed by atoms with van der Waals surface area (Å²) >= 11 is 0. The number of tetrazole rings is 1. The van der Waals surface area contributed by atoms with Crippen LogP contribution < -0.4 is 4.90 Å². The molecule has 0 bridgehead atoms. The van der Waals surface area contributed by atoms with Gasteiger partial charge in [0.05, 0.1) is 6.04 Å². The fraction of sp³-hybridized carbons (Fsp3) is 0.286. The number of anilines is 1. The Bertz CT molecular complexity index is 765. The fourth-order valence-corrected chi connectivity index (χ4v) is 2.88. The number of hydrogen-bond acceptors (Lipinski definition) is 5. The summed E-state index contributed by atoms with van der Waals surface area (Å²) in [6.45, 7) is 3.17. The van der Waals surface area contributed by atoms with Gasteiger partial charge in [0.15, 0.2) is 11.5 Å². The first-order valence-corrected chi connectivity index (χ1v) is 6.73. The molecule has 0 radical (unpaired) electrons. The fourth-order valence-electron chi connectivity index (χ4n) is 2.88. The molecule has 1 aromatic carbocycles. The lowest BCUT2D eigenvalue weighted by Gasteiger charge is -2.35. The number of fused-ring (bicyclic) bond motifs is 2. The van der Waals surface area contributed by atoms with Gasteiger partial charge >= 0.3 is 0 Å². The number of nitrogens with zero attached hydrogens (tertiary/aromatic N) is 6. The summed E-state index contributed by atoms with van der Waals surface area (Å²) in [5.74, 6) is 0.909. The predicted molar refractivity (Wildman–Crippen MR) is 74.5 cm³/mol. The third kappa shape index (κ3) is 1.65. The van der Waals surface area contributed by atoms with Crippen molar-refractivity contribution in [3.63, 3.8) is 0 Å². The third-order valence-electron chi connectivity index (χ3n) is 3.94. The van der Waals surface area contributed by atoms with Crippen LogP contribution in [0.15, 0.2) is 36.4 Å². The van der Waals surface area contributed by atoms with Crippen molar-refractivity contribution in [2.24, 2.45) is 0 Å². The molecule has 0 saturated carbocycles. The number of benzene rings is 1. The molecule has 0 amide bonds. The molecule has 3 aromatic rings.